The van der Waals surface area contributed by atoms with Crippen LogP contribution in [0.4, 0.5) is 14.5 Å². The summed E-state index contributed by atoms with van der Waals surface area (Å²) in [7, 11) is 0. The lowest BCUT2D eigenvalue weighted by molar-refractivity contribution is -0.385. The largest absolute Gasteiger partial charge is 0.480 e. The number of carboxylic acid groups (broad SMARTS) is 1. The molecule has 1 aromatic carbocycles. The van der Waals surface area contributed by atoms with Gasteiger partial charge in [0.2, 0.25) is 5.91 Å². The first-order valence-corrected chi connectivity index (χ1v) is 6.47. The Kier molecular flexibility index (Phi) is 5.59. The zero-order valence-electron chi connectivity index (χ0n) is 10.6. The Hall–Kier alpha value is -2.23. The van der Waals surface area contributed by atoms with Gasteiger partial charge in [-0.1, -0.05) is 0 Å². The Balaban J connectivity index is 2.90. The number of non-ortho nitro benzene ring substituents is 1. The highest BCUT2D eigenvalue weighted by Gasteiger charge is 2.22. The molecule has 1 aromatic rings. The molecule has 0 aromatic heterocycles. The Bertz CT molecular complexity index is 573. The second-order valence-corrected chi connectivity index (χ2v) is 4.93. The van der Waals surface area contributed by atoms with Crippen molar-refractivity contribution in [1.82, 2.24) is 5.32 Å². The molecule has 0 saturated heterocycles. The van der Waals surface area contributed by atoms with Crippen LogP contribution in [-0.4, -0.2) is 33.7 Å². The quantitative estimate of drug-likeness (QED) is 0.467. The molecule has 21 heavy (non-hydrogen) atoms. The number of nitro benzene ring substituents is 1. The zero-order valence-corrected chi connectivity index (χ0v) is 11.4. The molecule has 1 atom stereocenters. The molecule has 10 heteroatoms. The van der Waals surface area contributed by atoms with Crippen LogP contribution in [0.1, 0.15) is 6.92 Å². The topological polar surface area (TPSA) is 110 Å². The third-order valence-corrected chi connectivity index (χ3v) is 3.44. The number of rotatable bonds is 6. The van der Waals surface area contributed by atoms with Crippen molar-refractivity contribution in [3.8, 4) is 0 Å². The van der Waals surface area contributed by atoms with Crippen molar-refractivity contribution in [3.05, 3.63) is 33.9 Å². The third kappa shape index (κ3) is 4.67. The molecule has 0 heterocycles. The van der Waals surface area contributed by atoms with E-state index in [4.69, 9.17) is 5.11 Å². The van der Waals surface area contributed by atoms with Gasteiger partial charge >= 0.3 is 5.97 Å². The molecular formula is C11H10F2N2O5S. The number of hydrogen-bond acceptors (Lipinski definition) is 5. The highest BCUT2D eigenvalue weighted by atomic mass is 32.2. The molecule has 0 aliphatic rings. The third-order valence-electron chi connectivity index (χ3n) is 2.26. The Morgan fingerprint density at radius 1 is 1.43 bits per heavy atom. The van der Waals surface area contributed by atoms with E-state index in [1.165, 1.54) is 0 Å². The first-order valence-electron chi connectivity index (χ1n) is 5.48. The number of amides is 1. The number of aliphatic carboxylic acids is 1. The number of nitrogens with zero attached hydrogens (tertiary/aromatic N) is 1. The summed E-state index contributed by atoms with van der Waals surface area (Å²) in [6, 6.07) is -0.249. The van der Waals surface area contributed by atoms with E-state index in [0.717, 1.165) is 6.92 Å². The van der Waals surface area contributed by atoms with Crippen LogP contribution in [-0.2, 0) is 9.59 Å². The van der Waals surface area contributed by atoms with Gasteiger partial charge in [0.05, 0.1) is 22.0 Å². The molecule has 7 nitrogen and oxygen atoms in total. The number of halogens is 2. The number of carboxylic acids is 1. The Labute approximate surface area is 121 Å². The van der Waals surface area contributed by atoms with Crippen LogP contribution in [0.25, 0.3) is 0 Å². The van der Waals surface area contributed by atoms with E-state index in [1.54, 1.807) is 0 Å². The van der Waals surface area contributed by atoms with E-state index in [-0.39, 0.29) is 5.75 Å². The van der Waals surface area contributed by atoms with Gasteiger partial charge in [-0.3, -0.25) is 14.9 Å². The lowest BCUT2D eigenvalue weighted by atomic mass is 10.3. The summed E-state index contributed by atoms with van der Waals surface area (Å²) in [6.07, 6.45) is 0. The van der Waals surface area contributed by atoms with Crippen LogP contribution in [0, 0.1) is 21.7 Å². The highest BCUT2D eigenvalue weighted by Crippen LogP contribution is 2.29. The normalized spacial score (nSPS) is 11.8. The SMILES string of the molecule is CC(=O)NC(CSc1c(F)cc([N+](=O)[O-])cc1F)C(=O)O. The van der Waals surface area contributed by atoms with E-state index in [9.17, 15) is 28.5 Å². The maximum atomic E-state index is 13.6. The van der Waals surface area contributed by atoms with Crippen LogP contribution < -0.4 is 5.32 Å². The number of thioether (sulfide) groups is 1. The van der Waals surface area contributed by atoms with Crippen molar-refractivity contribution in [1.29, 1.82) is 0 Å². The van der Waals surface area contributed by atoms with Crippen molar-refractivity contribution >= 4 is 29.3 Å². The van der Waals surface area contributed by atoms with Gasteiger partial charge in [0.25, 0.3) is 5.69 Å². The van der Waals surface area contributed by atoms with Gasteiger partial charge in [0.1, 0.15) is 17.7 Å². The van der Waals surface area contributed by atoms with E-state index in [0.29, 0.717) is 23.9 Å². The maximum absolute atomic E-state index is 13.6. The van der Waals surface area contributed by atoms with Crippen LogP contribution >= 0.6 is 11.8 Å². The van der Waals surface area contributed by atoms with Gasteiger partial charge < -0.3 is 10.4 Å². The molecule has 114 valence electrons. The number of carbonyl (C=O) groups excluding carboxylic acids is 1. The van der Waals surface area contributed by atoms with Gasteiger partial charge in [-0.15, -0.1) is 11.8 Å². The lowest BCUT2D eigenvalue weighted by Gasteiger charge is -2.13. The van der Waals surface area contributed by atoms with Crippen LogP contribution in [0.3, 0.4) is 0 Å². The van der Waals surface area contributed by atoms with Gasteiger partial charge in [0, 0.05) is 12.7 Å². The Morgan fingerprint density at radius 2 is 1.95 bits per heavy atom. The smallest absolute Gasteiger partial charge is 0.327 e. The van der Waals surface area contributed by atoms with Gasteiger partial charge in [-0.25, -0.2) is 13.6 Å². The number of benzene rings is 1. The average Bonchev–Trinajstić information content (AvgIpc) is 2.35. The number of nitrogens with one attached hydrogen (secondary N) is 1. The standard InChI is InChI=1S/C11H10F2N2O5S/c1-5(16)14-9(11(17)18)4-21-10-7(12)2-6(15(19)20)3-8(10)13/h2-3,9H,4H2,1H3,(H,14,16)(H,17,18). The number of hydrogen-bond donors (Lipinski definition) is 2. The Morgan fingerprint density at radius 3 is 2.33 bits per heavy atom. The summed E-state index contributed by atoms with van der Waals surface area (Å²) in [5, 5.41) is 21.4. The molecule has 0 saturated carbocycles. The minimum Gasteiger partial charge on any atom is -0.480 e. The molecule has 0 spiro atoms. The number of nitro groups is 1. The molecule has 1 amide bonds. The molecule has 0 radical (unpaired) electrons. The van der Waals surface area contributed by atoms with Crippen molar-refractivity contribution in [2.75, 3.05) is 5.75 Å². The summed E-state index contributed by atoms with van der Waals surface area (Å²) >= 11 is 0.504. The van der Waals surface area contributed by atoms with Crippen molar-refractivity contribution in [2.24, 2.45) is 0 Å². The van der Waals surface area contributed by atoms with Gasteiger partial charge in [0.15, 0.2) is 0 Å². The summed E-state index contributed by atoms with van der Waals surface area (Å²) < 4.78 is 27.2. The van der Waals surface area contributed by atoms with E-state index < -0.39 is 45.1 Å². The van der Waals surface area contributed by atoms with Crippen molar-refractivity contribution in [3.63, 3.8) is 0 Å². The van der Waals surface area contributed by atoms with Crippen molar-refractivity contribution in [2.45, 2.75) is 17.9 Å². The molecule has 0 aliphatic heterocycles. The molecule has 0 bridgehead atoms. The second kappa shape index (κ2) is 6.97. The first kappa shape index (κ1) is 16.8. The monoisotopic (exact) mass is 320 g/mol. The fraction of sp³-hybridized carbons (Fsp3) is 0.273. The zero-order chi connectivity index (χ0) is 16.2. The van der Waals surface area contributed by atoms with E-state index >= 15 is 0 Å². The first-order chi connectivity index (χ1) is 9.72. The molecule has 0 aliphatic carbocycles. The predicted molar refractivity (Wildman–Crippen MR) is 69.0 cm³/mol. The fourth-order valence-electron chi connectivity index (χ4n) is 1.38. The summed E-state index contributed by atoms with van der Waals surface area (Å²) in [6.45, 7) is 1.10. The molecular weight excluding hydrogens is 310 g/mol. The fourth-order valence-corrected chi connectivity index (χ4v) is 2.33. The second-order valence-electron chi connectivity index (χ2n) is 3.90. The van der Waals surface area contributed by atoms with Crippen LogP contribution in [0.15, 0.2) is 17.0 Å². The summed E-state index contributed by atoms with van der Waals surface area (Å²) in [5.41, 5.74) is -0.744. The lowest BCUT2D eigenvalue weighted by Crippen LogP contribution is -2.41. The van der Waals surface area contributed by atoms with Crippen LogP contribution in [0.2, 0.25) is 0 Å². The van der Waals surface area contributed by atoms with Gasteiger partial charge in [-0.2, -0.15) is 0 Å². The predicted octanol–water partition coefficient (Wildman–Crippen LogP) is 1.55. The minimum atomic E-state index is -1.36. The molecule has 0 fully saturated rings. The van der Waals surface area contributed by atoms with E-state index in [1.807, 2.05) is 0 Å². The van der Waals surface area contributed by atoms with Crippen molar-refractivity contribution < 1.29 is 28.4 Å². The number of carbonyl (C=O) groups is 2. The molecule has 2 N–H and O–H groups in total. The van der Waals surface area contributed by atoms with Gasteiger partial charge in [-0.05, 0) is 0 Å². The maximum Gasteiger partial charge on any atom is 0.327 e. The highest BCUT2D eigenvalue weighted by molar-refractivity contribution is 7.99. The van der Waals surface area contributed by atoms with Crippen LogP contribution in [0.5, 0.6) is 0 Å². The minimum absolute atomic E-state index is 0.333. The average molecular weight is 320 g/mol. The molecule has 1 unspecified atom stereocenters. The molecule has 1 rings (SSSR count). The summed E-state index contributed by atoms with van der Waals surface area (Å²) in [4.78, 5) is 30.6. The summed E-state index contributed by atoms with van der Waals surface area (Å²) in [5.74, 6) is -4.63. The van der Waals surface area contributed by atoms with E-state index in [2.05, 4.69) is 5.32 Å².